The van der Waals surface area contributed by atoms with Gasteiger partial charge in [-0.25, -0.2) is 9.18 Å². The van der Waals surface area contributed by atoms with Crippen LogP contribution in [-0.2, 0) is 15.1 Å². The minimum Gasteiger partial charge on any atom is -0.497 e. The van der Waals surface area contributed by atoms with Crippen LogP contribution in [0.4, 0.5) is 10.2 Å². The lowest BCUT2D eigenvalue weighted by molar-refractivity contribution is -0.0950. The quantitative estimate of drug-likeness (QED) is 0.189. The predicted molar refractivity (Wildman–Crippen MR) is 176 cm³/mol. The van der Waals surface area contributed by atoms with E-state index in [1.807, 2.05) is 78.9 Å². The highest BCUT2D eigenvalue weighted by molar-refractivity contribution is 6.03. The van der Waals surface area contributed by atoms with Gasteiger partial charge in [0.15, 0.2) is 12.4 Å². The second-order valence-electron chi connectivity index (χ2n) is 11.1. The average Bonchev–Trinajstić information content (AvgIpc) is 3.42. The summed E-state index contributed by atoms with van der Waals surface area (Å²) in [5.74, 6) is 0.838. The molecule has 0 unspecified atom stereocenters. The Morgan fingerprint density at radius 2 is 1.40 bits per heavy atom. The van der Waals surface area contributed by atoms with E-state index in [0.717, 1.165) is 21.3 Å². The Labute approximate surface area is 276 Å². The fraction of sp³-hybridized carbons (Fsp3) is 0.216. The summed E-state index contributed by atoms with van der Waals surface area (Å²) in [5.41, 5.74) is 0.549. The molecule has 1 aliphatic heterocycles. The highest BCUT2D eigenvalue weighted by Crippen LogP contribution is 2.43. The summed E-state index contributed by atoms with van der Waals surface area (Å²) in [6.07, 6.45) is -4.98. The molecule has 0 saturated carbocycles. The van der Waals surface area contributed by atoms with Gasteiger partial charge in [-0.3, -0.25) is 9.36 Å². The van der Waals surface area contributed by atoms with Crippen molar-refractivity contribution in [2.24, 2.45) is 0 Å². The summed E-state index contributed by atoms with van der Waals surface area (Å²) in [5, 5.41) is 13.6. The van der Waals surface area contributed by atoms with Gasteiger partial charge >= 0.3 is 5.69 Å². The monoisotopic (exact) mass is 651 g/mol. The van der Waals surface area contributed by atoms with Crippen LogP contribution in [0.2, 0.25) is 0 Å². The summed E-state index contributed by atoms with van der Waals surface area (Å²) >= 11 is 0. The van der Waals surface area contributed by atoms with Gasteiger partial charge in [0.05, 0.1) is 20.8 Å². The standard InChI is InChI=1S/C37H34FN3O7/c1-45-28-17-13-26(14-18-28)37(25-11-7-4-8-12-25,27-15-19-29(46-2)20-16-27)47-23-30-33(42)32(38)35(48-30)41-22-21-31(40-36(41)44)39-34(43)24-9-5-3-6-10-24/h3-22,30,32-33,35,42H,23H2,1-2H3,(H,39,40,43,44)/t30-,32+,33-,35-/m0/s1. The van der Waals surface area contributed by atoms with Crippen LogP contribution in [0.25, 0.3) is 0 Å². The molecule has 10 nitrogen and oxygen atoms in total. The molecule has 1 aromatic heterocycles. The lowest BCUT2D eigenvalue weighted by Crippen LogP contribution is -2.39. The van der Waals surface area contributed by atoms with Crippen molar-refractivity contribution in [2.75, 3.05) is 26.1 Å². The first-order valence-electron chi connectivity index (χ1n) is 15.3. The molecule has 0 radical (unpaired) electrons. The van der Waals surface area contributed by atoms with Crippen LogP contribution in [0.1, 0.15) is 33.3 Å². The van der Waals surface area contributed by atoms with Crippen LogP contribution in [0.15, 0.2) is 126 Å². The maximum atomic E-state index is 15.7. The van der Waals surface area contributed by atoms with Gasteiger partial charge in [-0.2, -0.15) is 4.98 Å². The zero-order valence-electron chi connectivity index (χ0n) is 26.2. The number of nitrogens with zero attached hydrogens (tertiary/aromatic N) is 2. The molecule has 246 valence electrons. The van der Waals surface area contributed by atoms with E-state index in [2.05, 4.69) is 10.3 Å². The van der Waals surface area contributed by atoms with E-state index < -0.39 is 41.8 Å². The number of nitrogens with one attached hydrogen (secondary N) is 1. The molecular weight excluding hydrogens is 617 g/mol. The molecule has 0 bridgehead atoms. The van der Waals surface area contributed by atoms with Crippen molar-refractivity contribution in [2.45, 2.75) is 30.2 Å². The van der Waals surface area contributed by atoms with Crippen molar-refractivity contribution in [3.05, 3.63) is 154 Å². The first-order chi connectivity index (χ1) is 23.3. The number of halogens is 1. The van der Waals surface area contributed by atoms with E-state index in [9.17, 15) is 14.7 Å². The van der Waals surface area contributed by atoms with Crippen LogP contribution in [-0.4, -0.2) is 59.8 Å². The van der Waals surface area contributed by atoms with Crippen LogP contribution in [0, 0.1) is 0 Å². The molecule has 0 spiro atoms. The van der Waals surface area contributed by atoms with Crippen LogP contribution in [0.3, 0.4) is 0 Å². The normalized spacial score (nSPS) is 19.1. The Kier molecular flexibility index (Phi) is 9.62. The molecule has 4 aromatic carbocycles. The zero-order chi connectivity index (χ0) is 33.7. The first-order valence-corrected chi connectivity index (χ1v) is 15.3. The van der Waals surface area contributed by atoms with Crippen LogP contribution >= 0.6 is 0 Å². The lowest BCUT2D eigenvalue weighted by Gasteiger charge is -2.37. The minimum atomic E-state index is -1.98. The Hall–Kier alpha value is -5.36. The second kappa shape index (κ2) is 14.2. The van der Waals surface area contributed by atoms with Crippen LogP contribution in [0.5, 0.6) is 11.5 Å². The van der Waals surface area contributed by atoms with Gasteiger partial charge in [0.1, 0.15) is 35.1 Å². The molecule has 11 heteroatoms. The highest BCUT2D eigenvalue weighted by Gasteiger charge is 2.48. The van der Waals surface area contributed by atoms with Crippen LogP contribution < -0.4 is 20.5 Å². The largest absolute Gasteiger partial charge is 0.497 e. The van der Waals surface area contributed by atoms with Crippen molar-refractivity contribution < 1.29 is 33.2 Å². The predicted octanol–water partition coefficient (Wildman–Crippen LogP) is 5.12. The number of methoxy groups -OCH3 is 2. The Balaban J connectivity index is 1.29. The molecule has 2 N–H and O–H groups in total. The number of alkyl halides is 1. The van der Waals surface area contributed by atoms with E-state index in [-0.39, 0.29) is 12.4 Å². The first kappa shape index (κ1) is 32.6. The number of carbonyl (C=O) groups is 1. The minimum absolute atomic E-state index is 0.00873. The van der Waals surface area contributed by atoms with E-state index in [0.29, 0.717) is 17.1 Å². The van der Waals surface area contributed by atoms with Crippen molar-refractivity contribution in [1.29, 1.82) is 0 Å². The van der Waals surface area contributed by atoms with Crippen molar-refractivity contribution in [1.82, 2.24) is 9.55 Å². The third-order valence-electron chi connectivity index (χ3n) is 8.31. The van der Waals surface area contributed by atoms with Gasteiger partial charge < -0.3 is 29.4 Å². The molecular formula is C37H34FN3O7. The highest BCUT2D eigenvalue weighted by atomic mass is 19.1. The Bertz CT molecular complexity index is 1840. The summed E-state index contributed by atoms with van der Waals surface area (Å²) in [4.78, 5) is 29.4. The summed E-state index contributed by atoms with van der Waals surface area (Å²) < 4.78 is 40.1. The number of anilines is 1. The van der Waals surface area contributed by atoms with Gasteiger partial charge in [-0.15, -0.1) is 0 Å². The summed E-state index contributed by atoms with van der Waals surface area (Å²) in [6, 6.07) is 34.1. The third kappa shape index (κ3) is 6.43. The van der Waals surface area contributed by atoms with E-state index in [4.69, 9.17) is 18.9 Å². The number of benzene rings is 4. The number of aliphatic hydroxyl groups excluding tert-OH is 1. The smallest absolute Gasteiger partial charge is 0.351 e. The molecule has 0 aliphatic carbocycles. The fourth-order valence-electron chi connectivity index (χ4n) is 5.80. The molecule has 5 aromatic rings. The molecule has 4 atom stereocenters. The molecule has 1 fully saturated rings. The van der Waals surface area contributed by atoms with E-state index >= 15 is 4.39 Å². The number of aliphatic hydroxyl groups is 1. The average molecular weight is 652 g/mol. The zero-order valence-corrected chi connectivity index (χ0v) is 26.2. The second-order valence-corrected chi connectivity index (χ2v) is 11.1. The summed E-state index contributed by atoms with van der Waals surface area (Å²) in [6.45, 7) is -0.252. The third-order valence-corrected chi connectivity index (χ3v) is 8.31. The number of aromatic nitrogens is 2. The molecule has 2 heterocycles. The number of amides is 1. The topological polar surface area (TPSA) is 121 Å². The van der Waals surface area contributed by atoms with E-state index in [1.54, 1.807) is 44.6 Å². The number of hydrogen-bond acceptors (Lipinski definition) is 8. The van der Waals surface area contributed by atoms with Gasteiger partial charge in [0.2, 0.25) is 0 Å². The maximum absolute atomic E-state index is 15.7. The van der Waals surface area contributed by atoms with Gasteiger partial charge in [0, 0.05) is 11.8 Å². The molecule has 1 saturated heterocycles. The van der Waals surface area contributed by atoms with E-state index in [1.165, 1.54) is 12.3 Å². The molecule has 1 aliphatic rings. The number of ether oxygens (including phenoxy) is 4. The van der Waals surface area contributed by atoms with Crippen molar-refractivity contribution in [3.63, 3.8) is 0 Å². The number of hydrogen-bond donors (Lipinski definition) is 2. The number of carbonyl (C=O) groups excluding carboxylic acids is 1. The lowest BCUT2D eigenvalue weighted by atomic mass is 9.80. The van der Waals surface area contributed by atoms with Crippen molar-refractivity contribution >= 4 is 11.7 Å². The van der Waals surface area contributed by atoms with Gasteiger partial charge in [0.25, 0.3) is 5.91 Å². The maximum Gasteiger partial charge on any atom is 0.351 e. The molecule has 48 heavy (non-hydrogen) atoms. The number of rotatable bonds is 11. The Morgan fingerprint density at radius 1 is 0.854 bits per heavy atom. The van der Waals surface area contributed by atoms with Gasteiger partial charge in [-0.05, 0) is 59.2 Å². The Morgan fingerprint density at radius 3 is 1.94 bits per heavy atom. The fourth-order valence-corrected chi connectivity index (χ4v) is 5.80. The SMILES string of the molecule is COc1ccc(C(OC[C@@H]2O[C@H](n3ccc(NC(=O)c4ccccc4)nc3=O)[C@H](F)[C@H]2O)(c2ccccc2)c2ccc(OC)cc2)cc1. The molecule has 1 amide bonds. The summed E-state index contributed by atoms with van der Waals surface area (Å²) in [7, 11) is 3.16. The molecule has 6 rings (SSSR count). The van der Waals surface area contributed by atoms with Crippen molar-refractivity contribution in [3.8, 4) is 11.5 Å². The van der Waals surface area contributed by atoms with Gasteiger partial charge in [-0.1, -0.05) is 72.8 Å².